The van der Waals surface area contributed by atoms with Crippen LogP contribution >= 0.6 is 0 Å². The molecule has 1 rings (SSSR count). The highest BCUT2D eigenvalue weighted by molar-refractivity contribution is 5.13. The second-order valence-electron chi connectivity index (χ2n) is 4.46. The lowest BCUT2D eigenvalue weighted by Gasteiger charge is -2.08. The molecule has 0 saturated heterocycles. The van der Waals surface area contributed by atoms with Gasteiger partial charge in [-0.1, -0.05) is 27.7 Å². The molecule has 0 spiro atoms. The van der Waals surface area contributed by atoms with E-state index in [4.69, 9.17) is 4.74 Å². The second-order valence-corrected chi connectivity index (χ2v) is 4.46. The van der Waals surface area contributed by atoms with Gasteiger partial charge in [0.1, 0.15) is 5.82 Å². The summed E-state index contributed by atoms with van der Waals surface area (Å²) in [5, 5.41) is 0. The third-order valence-electron chi connectivity index (χ3n) is 2.13. The fourth-order valence-corrected chi connectivity index (χ4v) is 1.11. The summed E-state index contributed by atoms with van der Waals surface area (Å²) >= 11 is 0. The molecule has 84 valence electrons. The maximum Gasteiger partial charge on any atom is 0.155 e. The minimum absolute atomic E-state index is 0.370. The summed E-state index contributed by atoms with van der Waals surface area (Å²) in [6.07, 6.45) is 4.57. The molecule has 0 aromatic carbocycles. The van der Waals surface area contributed by atoms with E-state index in [0.29, 0.717) is 11.8 Å². The van der Waals surface area contributed by atoms with Crippen molar-refractivity contribution in [1.82, 2.24) is 9.97 Å². The monoisotopic (exact) mass is 208 g/mol. The maximum atomic E-state index is 5.53. The fraction of sp³-hybridized carbons (Fsp3) is 0.667. The predicted molar refractivity (Wildman–Crippen MR) is 61.1 cm³/mol. The lowest BCUT2D eigenvalue weighted by molar-refractivity contribution is 0.287. The van der Waals surface area contributed by atoms with Crippen LogP contribution in [0.4, 0.5) is 0 Å². The summed E-state index contributed by atoms with van der Waals surface area (Å²) in [4.78, 5) is 8.48. The molecule has 0 unspecified atom stereocenters. The molecule has 0 fully saturated rings. The van der Waals surface area contributed by atoms with Crippen molar-refractivity contribution in [3.8, 4) is 5.75 Å². The largest absolute Gasteiger partial charge is 0.490 e. The van der Waals surface area contributed by atoms with E-state index in [1.54, 1.807) is 12.4 Å². The van der Waals surface area contributed by atoms with Gasteiger partial charge in [0.2, 0.25) is 0 Å². The Kier molecular flexibility index (Phi) is 4.53. The smallest absolute Gasteiger partial charge is 0.155 e. The minimum atomic E-state index is 0.370. The van der Waals surface area contributed by atoms with Gasteiger partial charge in [-0.05, 0) is 12.3 Å². The van der Waals surface area contributed by atoms with E-state index in [1.807, 2.05) is 0 Å². The standard InChI is InChI=1S/C12H20N2O/c1-9(2)5-6-15-11-7-13-12(10(3)4)14-8-11/h7-10H,5-6H2,1-4H3. The average Bonchev–Trinajstić information content (AvgIpc) is 2.18. The first-order chi connectivity index (χ1) is 7.09. The summed E-state index contributed by atoms with van der Waals surface area (Å²) in [7, 11) is 0. The number of nitrogens with zero attached hydrogens (tertiary/aromatic N) is 2. The summed E-state index contributed by atoms with van der Waals surface area (Å²) in [5.41, 5.74) is 0. The Morgan fingerprint density at radius 3 is 2.20 bits per heavy atom. The summed E-state index contributed by atoms with van der Waals surface area (Å²) < 4.78 is 5.53. The molecule has 0 radical (unpaired) electrons. The van der Waals surface area contributed by atoms with Gasteiger partial charge in [0.05, 0.1) is 19.0 Å². The molecule has 0 aliphatic heterocycles. The summed E-state index contributed by atoms with van der Waals surface area (Å²) in [6.45, 7) is 9.26. The molecule has 0 atom stereocenters. The van der Waals surface area contributed by atoms with Gasteiger partial charge in [-0.3, -0.25) is 0 Å². The predicted octanol–water partition coefficient (Wildman–Crippen LogP) is 3.02. The van der Waals surface area contributed by atoms with E-state index in [1.165, 1.54) is 0 Å². The van der Waals surface area contributed by atoms with Crippen molar-refractivity contribution in [2.45, 2.75) is 40.0 Å². The lowest BCUT2D eigenvalue weighted by Crippen LogP contribution is -2.03. The Bertz CT molecular complexity index is 280. The first-order valence-corrected chi connectivity index (χ1v) is 5.54. The van der Waals surface area contributed by atoms with Crippen LogP contribution in [-0.4, -0.2) is 16.6 Å². The zero-order valence-electron chi connectivity index (χ0n) is 10.0. The molecule has 0 amide bonds. The lowest BCUT2D eigenvalue weighted by atomic mass is 10.1. The molecule has 0 bridgehead atoms. The molecule has 1 heterocycles. The Morgan fingerprint density at radius 1 is 1.13 bits per heavy atom. The van der Waals surface area contributed by atoms with Crippen LogP contribution < -0.4 is 4.74 Å². The summed E-state index contributed by atoms with van der Waals surface area (Å²) in [6, 6.07) is 0. The van der Waals surface area contributed by atoms with Gasteiger partial charge in [-0.15, -0.1) is 0 Å². The van der Waals surface area contributed by atoms with Gasteiger partial charge < -0.3 is 4.74 Å². The van der Waals surface area contributed by atoms with Gasteiger partial charge in [-0.2, -0.15) is 0 Å². The van der Waals surface area contributed by atoms with Gasteiger partial charge >= 0.3 is 0 Å². The SMILES string of the molecule is CC(C)CCOc1cnc(C(C)C)nc1. The van der Waals surface area contributed by atoms with Crippen LogP contribution in [0.15, 0.2) is 12.4 Å². The zero-order chi connectivity index (χ0) is 11.3. The molecule has 3 heteroatoms. The normalized spacial score (nSPS) is 11.1. The molecule has 1 aromatic heterocycles. The first kappa shape index (κ1) is 12.0. The molecular formula is C12H20N2O. The Hall–Kier alpha value is -1.12. The van der Waals surface area contributed by atoms with Gasteiger partial charge in [0, 0.05) is 5.92 Å². The van der Waals surface area contributed by atoms with E-state index >= 15 is 0 Å². The topological polar surface area (TPSA) is 35.0 Å². The number of aromatic nitrogens is 2. The van der Waals surface area contributed by atoms with Gasteiger partial charge in [0.15, 0.2) is 5.75 Å². The molecule has 0 aliphatic carbocycles. The number of hydrogen-bond donors (Lipinski definition) is 0. The van der Waals surface area contributed by atoms with E-state index in [9.17, 15) is 0 Å². The van der Waals surface area contributed by atoms with Crippen LogP contribution in [0.3, 0.4) is 0 Å². The molecule has 1 aromatic rings. The van der Waals surface area contributed by atoms with Gasteiger partial charge in [0.25, 0.3) is 0 Å². The Labute approximate surface area is 91.9 Å². The third kappa shape index (κ3) is 4.28. The van der Waals surface area contributed by atoms with Crippen molar-refractivity contribution in [3.05, 3.63) is 18.2 Å². The van der Waals surface area contributed by atoms with Crippen LogP contribution in [0, 0.1) is 5.92 Å². The summed E-state index contributed by atoms with van der Waals surface area (Å²) in [5.74, 6) is 2.67. The highest BCUT2D eigenvalue weighted by atomic mass is 16.5. The van der Waals surface area contributed by atoms with Crippen molar-refractivity contribution in [1.29, 1.82) is 0 Å². The highest BCUT2D eigenvalue weighted by Gasteiger charge is 2.02. The van der Waals surface area contributed by atoms with Crippen LogP contribution in [-0.2, 0) is 0 Å². The number of ether oxygens (including phenoxy) is 1. The number of hydrogen-bond acceptors (Lipinski definition) is 3. The van der Waals surface area contributed by atoms with Crippen molar-refractivity contribution in [3.63, 3.8) is 0 Å². The average molecular weight is 208 g/mol. The minimum Gasteiger partial charge on any atom is -0.490 e. The van der Waals surface area contributed by atoms with Crippen molar-refractivity contribution < 1.29 is 4.74 Å². The molecule has 15 heavy (non-hydrogen) atoms. The number of rotatable bonds is 5. The van der Waals surface area contributed by atoms with Crippen LogP contribution in [0.2, 0.25) is 0 Å². The Balaban J connectivity index is 2.43. The van der Waals surface area contributed by atoms with Crippen LogP contribution in [0.5, 0.6) is 5.75 Å². The highest BCUT2D eigenvalue weighted by Crippen LogP contribution is 2.12. The van der Waals surface area contributed by atoms with Crippen molar-refractivity contribution >= 4 is 0 Å². The van der Waals surface area contributed by atoms with E-state index in [-0.39, 0.29) is 0 Å². The quantitative estimate of drug-likeness (QED) is 0.746. The van der Waals surface area contributed by atoms with Crippen molar-refractivity contribution in [2.75, 3.05) is 6.61 Å². The van der Waals surface area contributed by atoms with E-state index in [0.717, 1.165) is 24.6 Å². The van der Waals surface area contributed by atoms with E-state index < -0.39 is 0 Å². The fourth-order valence-electron chi connectivity index (χ4n) is 1.11. The first-order valence-electron chi connectivity index (χ1n) is 5.54. The van der Waals surface area contributed by atoms with Gasteiger partial charge in [-0.25, -0.2) is 9.97 Å². The third-order valence-corrected chi connectivity index (χ3v) is 2.13. The molecule has 0 aliphatic rings. The van der Waals surface area contributed by atoms with E-state index in [2.05, 4.69) is 37.7 Å². The van der Waals surface area contributed by atoms with Crippen LogP contribution in [0.1, 0.15) is 45.9 Å². The maximum absolute atomic E-state index is 5.53. The molecule has 0 saturated carbocycles. The zero-order valence-corrected chi connectivity index (χ0v) is 10.0. The van der Waals surface area contributed by atoms with Crippen molar-refractivity contribution in [2.24, 2.45) is 5.92 Å². The Morgan fingerprint density at radius 2 is 1.73 bits per heavy atom. The second kappa shape index (κ2) is 5.69. The molecular weight excluding hydrogens is 188 g/mol. The molecule has 3 nitrogen and oxygen atoms in total. The molecule has 0 N–H and O–H groups in total. The van der Waals surface area contributed by atoms with Crippen LogP contribution in [0.25, 0.3) is 0 Å².